The van der Waals surface area contributed by atoms with Crippen molar-refractivity contribution in [2.24, 2.45) is 5.41 Å². The van der Waals surface area contributed by atoms with E-state index >= 15 is 0 Å². The van der Waals surface area contributed by atoms with Gasteiger partial charge in [-0.3, -0.25) is 9.59 Å². The van der Waals surface area contributed by atoms with E-state index in [0.29, 0.717) is 0 Å². The quantitative estimate of drug-likeness (QED) is 0.560. The minimum absolute atomic E-state index is 0.142. The molecule has 0 radical (unpaired) electrons. The van der Waals surface area contributed by atoms with E-state index in [4.69, 9.17) is 0 Å². The van der Waals surface area contributed by atoms with Crippen LogP contribution in [-0.4, -0.2) is 37.0 Å². The number of amides is 1. The third kappa shape index (κ3) is 2.99. The molecular weight excluding hydrogens is 218 g/mol. The molecule has 98 valence electrons. The first-order valence-corrected chi connectivity index (χ1v) is 6.27. The molecule has 1 rings (SSSR count). The smallest absolute Gasteiger partial charge is 0.320 e. The molecule has 1 saturated carbocycles. The monoisotopic (exact) mass is 241 g/mol. The maximum atomic E-state index is 12.3. The predicted molar refractivity (Wildman–Crippen MR) is 65.4 cm³/mol. The number of carbonyl (C=O) groups is 2. The van der Waals surface area contributed by atoms with Crippen molar-refractivity contribution in [3.8, 4) is 0 Å². The molecule has 0 heterocycles. The van der Waals surface area contributed by atoms with Crippen molar-refractivity contribution in [1.82, 2.24) is 4.90 Å². The molecule has 0 aromatic carbocycles. The van der Waals surface area contributed by atoms with Gasteiger partial charge in [0.2, 0.25) is 5.91 Å². The summed E-state index contributed by atoms with van der Waals surface area (Å²) in [6.07, 6.45) is 5.67. The van der Waals surface area contributed by atoms with Crippen molar-refractivity contribution in [2.75, 3.05) is 14.2 Å². The molecule has 1 aliphatic rings. The predicted octanol–water partition coefficient (Wildman–Crippen LogP) is 1.98. The highest BCUT2D eigenvalue weighted by molar-refractivity contribution is 6.01. The summed E-state index contributed by atoms with van der Waals surface area (Å²) in [6.45, 7) is 3.25. The number of carbonyl (C=O) groups excluding carboxylic acids is 2. The highest BCUT2D eigenvalue weighted by Crippen LogP contribution is 2.27. The van der Waals surface area contributed by atoms with E-state index in [1.54, 1.807) is 25.8 Å². The normalized spacial score (nSPS) is 17.6. The summed E-state index contributed by atoms with van der Waals surface area (Å²) in [5.41, 5.74) is -1.08. The first-order valence-electron chi connectivity index (χ1n) is 6.27. The van der Waals surface area contributed by atoms with Crippen LogP contribution in [0.3, 0.4) is 0 Å². The van der Waals surface area contributed by atoms with Crippen molar-refractivity contribution in [1.29, 1.82) is 0 Å². The Kier molecular flexibility index (Phi) is 4.54. The topological polar surface area (TPSA) is 46.6 Å². The second kappa shape index (κ2) is 5.52. The number of ether oxygens (including phenoxy) is 1. The molecule has 0 aromatic heterocycles. The van der Waals surface area contributed by atoms with Crippen molar-refractivity contribution in [3.63, 3.8) is 0 Å². The van der Waals surface area contributed by atoms with Gasteiger partial charge in [0.1, 0.15) is 5.41 Å². The zero-order valence-electron chi connectivity index (χ0n) is 11.3. The van der Waals surface area contributed by atoms with Gasteiger partial charge in [-0.25, -0.2) is 0 Å². The van der Waals surface area contributed by atoms with E-state index in [0.717, 1.165) is 12.8 Å². The van der Waals surface area contributed by atoms with Crippen LogP contribution >= 0.6 is 0 Å². The van der Waals surface area contributed by atoms with Gasteiger partial charge in [0, 0.05) is 13.1 Å². The first-order chi connectivity index (χ1) is 7.91. The minimum atomic E-state index is -1.08. The number of esters is 1. The van der Waals surface area contributed by atoms with Crippen LogP contribution in [0.1, 0.15) is 46.0 Å². The summed E-state index contributed by atoms with van der Waals surface area (Å²) < 4.78 is 4.69. The van der Waals surface area contributed by atoms with Gasteiger partial charge in [0.05, 0.1) is 7.11 Å². The lowest BCUT2D eigenvalue weighted by Gasteiger charge is -2.35. The Morgan fingerprint density at radius 3 is 2.18 bits per heavy atom. The Labute approximate surface area is 103 Å². The summed E-state index contributed by atoms with van der Waals surface area (Å²) in [4.78, 5) is 25.6. The van der Waals surface area contributed by atoms with E-state index in [1.807, 2.05) is 0 Å². The summed E-state index contributed by atoms with van der Waals surface area (Å²) in [7, 11) is 3.11. The van der Waals surface area contributed by atoms with Crippen LogP contribution < -0.4 is 0 Å². The average molecular weight is 241 g/mol. The molecule has 0 aromatic rings. The van der Waals surface area contributed by atoms with Gasteiger partial charge < -0.3 is 9.64 Å². The fourth-order valence-corrected chi connectivity index (χ4v) is 2.42. The second-order valence-corrected chi connectivity index (χ2v) is 5.32. The lowest BCUT2D eigenvalue weighted by atomic mass is 9.88. The molecule has 0 N–H and O–H groups in total. The fourth-order valence-electron chi connectivity index (χ4n) is 2.42. The zero-order chi connectivity index (χ0) is 13.1. The zero-order valence-corrected chi connectivity index (χ0v) is 11.3. The lowest BCUT2D eigenvalue weighted by Crippen LogP contribution is -2.48. The van der Waals surface area contributed by atoms with Gasteiger partial charge in [-0.1, -0.05) is 19.3 Å². The fraction of sp³-hybridized carbons (Fsp3) is 0.846. The average Bonchev–Trinajstić information content (AvgIpc) is 2.36. The number of nitrogens with zero attached hydrogens (tertiary/aromatic N) is 1. The minimum Gasteiger partial charge on any atom is -0.468 e. The van der Waals surface area contributed by atoms with Crippen molar-refractivity contribution >= 4 is 11.9 Å². The van der Waals surface area contributed by atoms with E-state index < -0.39 is 11.4 Å². The summed E-state index contributed by atoms with van der Waals surface area (Å²) in [6, 6.07) is 0.278. The number of hydrogen-bond acceptors (Lipinski definition) is 3. The third-order valence-electron chi connectivity index (χ3n) is 3.67. The Balaban J connectivity index is 2.70. The van der Waals surface area contributed by atoms with Crippen molar-refractivity contribution < 1.29 is 14.3 Å². The van der Waals surface area contributed by atoms with Gasteiger partial charge in [-0.05, 0) is 26.7 Å². The van der Waals surface area contributed by atoms with Gasteiger partial charge >= 0.3 is 5.97 Å². The van der Waals surface area contributed by atoms with Gasteiger partial charge in [0.25, 0.3) is 0 Å². The highest BCUT2D eigenvalue weighted by atomic mass is 16.5. The molecular formula is C13H23NO3. The Morgan fingerprint density at radius 2 is 1.71 bits per heavy atom. The van der Waals surface area contributed by atoms with Crippen LogP contribution in [0.25, 0.3) is 0 Å². The van der Waals surface area contributed by atoms with Crippen molar-refractivity contribution in [2.45, 2.75) is 52.0 Å². The van der Waals surface area contributed by atoms with E-state index in [1.165, 1.54) is 26.4 Å². The third-order valence-corrected chi connectivity index (χ3v) is 3.67. The van der Waals surface area contributed by atoms with Gasteiger partial charge in [-0.2, -0.15) is 0 Å². The van der Waals surface area contributed by atoms with Crippen LogP contribution in [0, 0.1) is 5.41 Å². The molecule has 4 heteroatoms. The molecule has 0 bridgehead atoms. The van der Waals surface area contributed by atoms with Crippen molar-refractivity contribution in [3.05, 3.63) is 0 Å². The maximum Gasteiger partial charge on any atom is 0.320 e. The summed E-state index contributed by atoms with van der Waals surface area (Å²) in [5, 5.41) is 0. The Bertz CT molecular complexity index is 293. The van der Waals surface area contributed by atoms with Crippen LogP contribution in [0.4, 0.5) is 0 Å². The molecule has 1 fully saturated rings. The lowest BCUT2D eigenvalue weighted by molar-refractivity contribution is -0.161. The Hall–Kier alpha value is -1.06. The second-order valence-electron chi connectivity index (χ2n) is 5.32. The maximum absolute atomic E-state index is 12.3. The number of rotatable bonds is 3. The summed E-state index contributed by atoms with van der Waals surface area (Å²) >= 11 is 0. The van der Waals surface area contributed by atoms with E-state index in [-0.39, 0.29) is 11.9 Å². The van der Waals surface area contributed by atoms with E-state index in [2.05, 4.69) is 4.74 Å². The molecule has 0 saturated heterocycles. The number of methoxy groups -OCH3 is 1. The Morgan fingerprint density at radius 1 is 1.18 bits per heavy atom. The molecule has 0 spiro atoms. The van der Waals surface area contributed by atoms with E-state index in [9.17, 15) is 9.59 Å². The molecule has 1 aliphatic carbocycles. The largest absolute Gasteiger partial charge is 0.468 e. The molecule has 0 unspecified atom stereocenters. The van der Waals surface area contributed by atoms with Crippen LogP contribution in [0.5, 0.6) is 0 Å². The van der Waals surface area contributed by atoms with Crippen LogP contribution in [0.2, 0.25) is 0 Å². The standard InChI is InChI=1S/C13H23NO3/c1-13(2,12(16)17-4)11(15)14(3)10-8-6-5-7-9-10/h10H,5-9H2,1-4H3. The van der Waals surface area contributed by atoms with Crippen LogP contribution in [-0.2, 0) is 14.3 Å². The molecule has 1 amide bonds. The van der Waals surface area contributed by atoms with Crippen LogP contribution in [0.15, 0.2) is 0 Å². The number of hydrogen-bond donors (Lipinski definition) is 0. The van der Waals surface area contributed by atoms with Gasteiger partial charge in [0.15, 0.2) is 0 Å². The molecule has 17 heavy (non-hydrogen) atoms. The van der Waals surface area contributed by atoms with Gasteiger partial charge in [-0.15, -0.1) is 0 Å². The SMILES string of the molecule is COC(=O)C(C)(C)C(=O)N(C)C1CCCCC1. The molecule has 0 aliphatic heterocycles. The molecule has 4 nitrogen and oxygen atoms in total. The first kappa shape index (κ1) is 14.0. The molecule has 0 atom stereocenters. The highest BCUT2D eigenvalue weighted by Gasteiger charge is 2.41. The summed E-state index contributed by atoms with van der Waals surface area (Å²) in [5.74, 6) is -0.610.